The lowest BCUT2D eigenvalue weighted by molar-refractivity contribution is 0.603. The van der Waals surface area contributed by atoms with E-state index in [1.54, 1.807) is 60.7 Å². The van der Waals surface area contributed by atoms with Crippen LogP contribution in [0.3, 0.4) is 0 Å². The molecule has 4 rings (SSSR count). The summed E-state index contributed by atoms with van der Waals surface area (Å²) < 4.78 is 52.1. The Morgan fingerprint density at radius 2 is 0.846 bits per heavy atom. The Morgan fingerprint density at radius 1 is 0.500 bits per heavy atom. The van der Waals surface area contributed by atoms with Crippen molar-refractivity contribution in [3.05, 3.63) is 100 Å². The first-order valence-corrected chi connectivity index (χ1v) is 10.8. The Kier molecular flexibility index (Phi) is 3.82. The second-order valence-corrected chi connectivity index (χ2v) is 9.82. The third-order valence-corrected chi connectivity index (χ3v) is 8.95. The van der Waals surface area contributed by atoms with Gasteiger partial charge < -0.3 is 0 Å². The summed E-state index contributed by atoms with van der Waals surface area (Å²) in [5.41, 5.74) is 1.27. The Labute approximate surface area is 152 Å². The molecule has 0 saturated heterocycles. The van der Waals surface area contributed by atoms with E-state index in [-0.39, 0.29) is 15.4 Å². The number of hydrogen-bond donors (Lipinski definition) is 0. The standard InChI is InChI=1S/C20H14O4S2/c21-25(22)17-13-7-8-14-18(17)26(23,24)20(25)19(15-9-3-1-4-10-15)16-11-5-2-6-12-16/h1-14H. The molecule has 0 fully saturated rings. The van der Waals surface area contributed by atoms with Crippen LogP contribution in [-0.2, 0) is 19.7 Å². The molecule has 6 heteroatoms. The van der Waals surface area contributed by atoms with E-state index in [1.807, 2.05) is 0 Å². The second-order valence-electron chi connectivity index (χ2n) is 5.85. The second kappa shape index (κ2) is 5.93. The molecule has 0 aliphatic carbocycles. The van der Waals surface area contributed by atoms with Crippen LogP contribution in [0.4, 0.5) is 0 Å². The van der Waals surface area contributed by atoms with E-state index >= 15 is 0 Å². The van der Waals surface area contributed by atoms with E-state index in [9.17, 15) is 16.8 Å². The van der Waals surface area contributed by atoms with E-state index in [4.69, 9.17) is 0 Å². The maximum Gasteiger partial charge on any atom is 0.219 e. The minimum Gasteiger partial charge on any atom is -0.218 e. The Bertz CT molecular complexity index is 1130. The average Bonchev–Trinajstić information content (AvgIpc) is 2.82. The predicted molar refractivity (Wildman–Crippen MR) is 99.7 cm³/mol. The van der Waals surface area contributed by atoms with Crippen molar-refractivity contribution in [2.75, 3.05) is 0 Å². The van der Waals surface area contributed by atoms with Gasteiger partial charge in [-0.3, -0.25) is 0 Å². The van der Waals surface area contributed by atoms with Gasteiger partial charge in [0.25, 0.3) is 0 Å². The molecule has 130 valence electrons. The molecule has 0 bridgehead atoms. The summed E-state index contributed by atoms with van der Waals surface area (Å²) in [7, 11) is -8.32. The van der Waals surface area contributed by atoms with Crippen LogP contribution in [0.15, 0.2) is 99.0 Å². The van der Waals surface area contributed by atoms with Crippen molar-refractivity contribution >= 4 is 25.2 Å². The average molecular weight is 382 g/mol. The zero-order valence-corrected chi connectivity index (χ0v) is 15.2. The van der Waals surface area contributed by atoms with E-state index in [0.29, 0.717) is 11.1 Å². The highest BCUT2D eigenvalue weighted by Crippen LogP contribution is 2.45. The topological polar surface area (TPSA) is 68.3 Å². The number of sulfone groups is 2. The molecule has 1 aliphatic heterocycles. The highest BCUT2D eigenvalue weighted by Gasteiger charge is 2.46. The molecule has 0 spiro atoms. The van der Waals surface area contributed by atoms with E-state index in [1.165, 1.54) is 24.3 Å². The number of benzene rings is 3. The SMILES string of the molecule is O=S1(=O)C(=C(c2ccccc2)c2ccccc2)S(=O)(=O)c2ccccc21. The molecule has 0 atom stereocenters. The molecule has 0 N–H and O–H groups in total. The van der Waals surface area contributed by atoms with Gasteiger partial charge in [0, 0.05) is 5.57 Å². The first-order chi connectivity index (χ1) is 12.4. The summed E-state index contributed by atoms with van der Waals surface area (Å²) in [6.45, 7) is 0. The zero-order valence-electron chi connectivity index (χ0n) is 13.5. The largest absolute Gasteiger partial charge is 0.219 e. The van der Waals surface area contributed by atoms with Crippen LogP contribution in [0, 0.1) is 0 Å². The molecular formula is C20H14O4S2. The highest BCUT2D eigenvalue weighted by atomic mass is 32.3. The molecule has 0 saturated carbocycles. The molecule has 1 aliphatic rings. The quantitative estimate of drug-likeness (QED) is 0.678. The van der Waals surface area contributed by atoms with Gasteiger partial charge in [0.2, 0.25) is 19.7 Å². The van der Waals surface area contributed by atoms with Crippen molar-refractivity contribution in [2.24, 2.45) is 0 Å². The van der Waals surface area contributed by atoms with E-state index in [0.717, 1.165) is 0 Å². The fourth-order valence-electron chi connectivity index (χ4n) is 3.12. The lowest BCUT2D eigenvalue weighted by Gasteiger charge is -2.12. The number of fused-ring (bicyclic) bond motifs is 1. The van der Waals surface area contributed by atoms with Crippen LogP contribution >= 0.6 is 0 Å². The van der Waals surface area contributed by atoms with Crippen LogP contribution in [0.25, 0.3) is 5.57 Å². The predicted octanol–water partition coefficient (Wildman–Crippen LogP) is 3.66. The van der Waals surface area contributed by atoms with Gasteiger partial charge in [0.1, 0.15) is 0 Å². The highest BCUT2D eigenvalue weighted by molar-refractivity contribution is 8.17. The number of hydrogen-bond acceptors (Lipinski definition) is 4. The van der Waals surface area contributed by atoms with Gasteiger partial charge >= 0.3 is 0 Å². The van der Waals surface area contributed by atoms with Gasteiger partial charge in [-0.1, -0.05) is 72.8 Å². The van der Waals surface area contributed by atoms with Crippen LogP contribution in [0.2, 0.25) is 0 Å². The lowest BCUT2D eigenvalue weighted by atomic mass is 10.00. The molecule has 26 heavy (non-hydrogen) atoms. The zero-order chi connectivity index (χ0) is 18.4. The van der Waals surface area contributed by atoms with Crippen molar-refractivity contribution in [3.63, 3.8) is 0 Å². The molecule has 4 nitrogen and oxygen atoms in total. The lowest BCUT2D eigenvalue weighted by Crippen LogP contribution is -2.08. The Morgan fingerprint density at radius 3 is 1.23 bits per heavy atom. The maximum absolute atomic E-state index is 13.2. The summed E-state index contributed by atoms with van der Waals surface area (Å²) in [6, 6.07) is 23.2. The molecule has 0 unspecified atom stereocenters. The molecule has 0 amide bonds. The maximum atomic E-state index is 13.2. The minimum atomic E-state index is -4.16. The summed E-state index contributed by atoms with van der Waals surface area (Å²) >= 11 is 0. The van der Waals surface area contributed by atoms with Crippen molar-refractivity contribution in [1.29, 1.82) is 0 Å². The smallest absolute Gasteiger partial charge is 0.218 e. The summed E-state index contributed by atoms with van der Waals surface area (Å²) in [4.78, 5) is -0.335. The normalized spacial score (nSPS) is 16.8. The van der Waals surface area contributed by atoms with Crippen LogP contribution in [-0.4, -0.2) is 16.8 Å². The molecule has 3 aromatic carbocycles. The molecular weight excluding hydrogens is 368 g/mol. The van der Waals surface area contributed by atoms with Crippen molar-refractivity contribution in [2.45, 2.75) is 9.79 Å². The fraction of sp³-hybridized carbons (Fsp3) is 0. The molecule has 0 radical (unpaired) electrons. The van der Waals surface area contributed by atoms with Crippen molar-refractivity contribution < 1.29 is 16.8 Å². The molecule has 1 heterocycles. The Hall–Kier alpha value is -2.70. The van der Waals surface area contributed by atoms with Gasteiger partial charge in [-0.15, -0.1) is 0 Å². The summed E-state index contributed by atoms with van der Waals surface area (Å²) in [5, 5.41) is 0. The van der Waals surface area contributed by atoms with Gasteiger partial charge in [0.05, 0.1) is 9.79 Å². The fourth-order valence-corrected chi connectivity index (χ4v) is 8.06. The first kappa shape index (κ1) is 16.8. The summed E-state index contributed by atoms with van der Waals surface area (Å²) in [5.74, 6) is 0. The van der Waals surface area contributed by atoms with E-state index in [2.05, 4.69) is 0 Å². The van der Waals surface area contributed by atoms with Crippen molar-refractivity contribution in [3.8, 4) is 0 Å². The molecule has 3 aromatic rings. The van der Waals surface area contributed by atoms with Gasteiger partial charge in [-0.2, -0.15) is 0 Å². The molecule has 0 aromatic heterocycles. The van der Waals surface area contributed by atoms with Crippen LogP contribution < -0.4 is 0 Å². The van der Waals surface area contributed by atoms with Crippen molar-refractivity contribution in [1.82, 2.24) is 0 Å². The van der Waals surface area contributed by atoms with E-state index < -0.39 is 23.9 Å². The third-order valence-electron chi connectivity index (χ3n) is 4.25. The summed E-state index contributed by atoms with van der Waals surface area (Å²) in [6.07, 6.45) is 0. The van der Waals surface area contributed by atoms with Gasteiger partial charge in [-0.05, 0) is 23.3 Å². The van der Waals surface area contributed by atoms with Gasteiger partial charge in [0.15, 0.2) is 4.24 Å². The minimum absolute atomic E-state index is 0.167. The Balaban J connectivity index is 2.19. The van der Waals surface area contributed by atoms with Gasteiger partial charge in [-0.25, -0.2) is 16.8 Å². The number of rotatable bonds is 2. The monoisotopic (exact) mass is 382 g/mol. The van der Waals surface area contributed by atoms with Crippen LogP contribution in [0.1, 0.15) is 11.1 Å². The first-order valence-electron chi connectivity index (χ1n) is 7.88. The van der Waals surface area contributed by atoms with Crippen LogP contribution in [0.5, 0.6) is 0 Å². The third kappa shape index (κ3) is 2.41.